The summed E-state index contributed by atoms with van der Waals surface area (Å²) < 4.78 is 19.1. The number of aromatic amines is 1. The molecule has 2 N–H and O–H groups in total. The van der Waals surface area contributed by atoms with E-state index in [2.05, 4.69) is 10.3 Å². The number of carbonyl (C=O) groups excluding carboxylic acids is 1. The second-order valence-electron chi connectivity index (χ2n) is 5.31. The molecule has 0 fully saturated rings. The Bertz CT molecular complexity index is 1070. The summed E-state index contributed by atoms with van der Waals surface area (Å²) in [6.07, 6.45) is 1.03. The minimum atomic E-state index is -0.798. The van der Waals surface area contributed by atoms with Crippen LogP contribution in [0.1, 0.15) is 10.4 Å². The Morgan fingerprint density at radius 2 is 1.88 bits per heavy atom. The molecule has 0 aliphatic rings. The lowest BCUT2D eigenvalue weighted by molar-refractivity contribution is 0.102. The summed E-state index contributed by atoms with van der Waals surface area (Å²) in [6.45, 7) is 0. The Labute approximate surface area is 146 Å². The highest BCUT2D eigenvalue weighted by Crippen LogP contribution is 2.13. The molecular formula is C18H14FN3O4. The monoisotopic (exact) mass is 355 g/mol. The number of benzene rings is 2. The lowest BCUT2D eigenvalue weighted by Gasteiger charge is -2.09. The van der Waals surface area contributed by atoms with Crippen LogP contribution in [0, 0.1) is 5.82 Å². The normalized spacial score (nSPS) is 10.4. The van der Waals surface area contributed by atoms with Gasteiger partial charge in [-0.1, -0.05) is 6.07 Å². The van der Waals surface area contributed by atoms with Gasteiger partial charge in [-0.25, -0.2) is 13.8 Å². The number of hydrogen-bond donors (Lipinski definition) is 2. The van der Waals surface area contributed by atoms with Crippen LogP contribution in [0.25, 0.3) is 5.69 Å². The number of halogens is 1. The molecule has 0 spiro atoms. The number of aromatic nitrogens is 2. The first-order valence-electron chi connectivity index (χ1n) is 7.55. The summed E-state index contributed by atoms with van der Waals surface area (Å²) in [7, 11) is 1.49. The number of amides is 1. The summed E-state index contributed by atoms with van der Waals surface area (Å²) in [5.74, 6) is -0.739. The lowest BCUT2D eigenvalue weighted by Crippen LogP contribution is -2.38. The maximum absolute atomic E-state index is 13.2. The van der Waals surface area contributed by atoms with E-state index < -0.39 is 23.0 Å². The van der Waals surface area contributed by atoms with Crippen LogP contribution in [0.5, 0.6) is 5.75 Å². The third kappa shape index (κ3) is 3.39. The fourth-order valence-corrected chi connectivity index (χ4v) is 2.37. The van der Waals surface area contributed by atoms with Crippen molar-refractivity contribution in [3.63, 3.8) is 0 Å². The van der Waals surface area contributed by atoms with Crippen LogP contribution in [-0.2, 0) is 0 Å². The molecule has 132 valence electrons. The van der Waals surface area contributed by atoms with Gasteiger partial charge in [-0.15, -0.1) is 0 Å². The van der Waals surface area contributed by atoms with Crippen LogP contribution < -0.4 is 21.3 Å². The lowest BCUT2D eigenvalue weighted by atomic mass is 10.2. The number of rotatable bonds is 4. The fraction of sp³-hybridized carbons (Fsp3) is 0.0556. The van der Waals surface area contributed by atoms with Crippen molar-refractivity contribution >= 4 is 11.6 Å². The molecule has 8 heteroatoms. The quantitative estimate of drug-likeness (QED) is 0.748. The predicted molar refractivity (Wildman–Crippen MR) is 93.6 cm³/mol. The van der Waals surface area contributed by atoms with E-state index in [4.69, 9.17) is 4.74 Å². The third-order valence-corrected chi connectivity index (χ3v) is 3.63. The van der Waals surface area contributed by atoms with Crippen molar-refractivity contribution in [3.05, 3.63) is 86.9 Å². The van der Waals surface area contributed by atoms with Crippen molar-refractivity contribution in [1.29, 1.82) is 0 Å². The summed E-state index contributed by atoms with van der Waals surface area (Å²) in [6, 6.07) is 11.5. The molecule has 3 aromatic rings. The second-order valence-corrected chi connectivity index (χ2v) is 5.31. The Kier molecular flexibility index (Phi) is 4.66. The molecule has 2 aromatic carbocycles. The number of anilines is 1. The first kappa shape index (κ1) is 17.2. The largest absolute Gasteiger partial charge is 0.497 e. The molecule has 1 amide bonds. The van der Waals surface area contributed by atoms with Crippen LogP contribution >= 0.6 is 0 Å². The van der Waals surface area contributed by atoms with Gasteiger partial charge in [-0.3, -0.25) is 9.59 Å². The molecule has 1 aromatic heterocycles. The van der Waals surface area contributed by atoms with Gasteiger partial charge < -0.3 is 15.0 Å². The highest BCUT2D eigenvalue weighted by molar-refractivity contribution is 6.03. The Morgan fingerprint density at radius 1 is 1.15 bits per heavy atom. The first-order chi connectivity index (χ1) is 12.5. The molecule has 0 saturated heterocycles. The zero-order valence-electron chi connectivity index (χ0n) is 13.7. The number of ether oxygens (including phenoxy) is 1. The van der Waals surface area contributed by atoms with E-state index in [9.17, 15) is 18.8 Å². The first-order valence-corrected chi connectivity index (χ1v) is 7.55. The van der Waals surface area contributed by atoms with E-state index >= 15 is 0 Å². The average molecular weight is 355 g/mol. The van der Waals surface area contributed by atoms with Gasteiger partial charge in [0.15, 0.2) is 0 Å². The van der Waals surface area contributed by atoms with Crippen molar-refractivity contribution in [3.8, 4) is 11.4 Å². The molecule has 0 saturated carbocycles. The molecule has 0 aliphatic heterocycles. The number of carbonyl (C=O) groups is 1. The number of methoxy groups -OCH3 is 1. The van der Waals surface area contributed by atoms with Crippen LogP contribution in [0.4, 0.5) is 10.1 Å². The SMILES string of the molecule is COc1ccc(-n2c(=O)[nH]cc(C(=O)Nc3cccc(F)c3)c2=O)cc1. The van der Waals surface area contributed by atoms with Crippen molar-refractivity contribution in [2.24, 2.45) is 0 Å². The second kappa shape index (κ2) is 7.06. The maximum Gasteiger partial charge on any atom is 0.333 e. The van der Waals surface area contributed by atoms with Crippen molar-refractivity contribution < 1.29 is 13.9 Å². The smallest absolute Gasteiger partial charge is 0.333 e. The number of nitrogens with zero attached hydrogens (tertiary/aromatic N) is 1. The Morgan fingerprint density at radius 3 is 2.54 bits per heavy atom. The van der Waals surface area contributed by atoms with E-state index in [1.165, 1.54) is 37.4 Å². The molecule has 0 bridgehead atoms. The van der Waals surface area contributed by atoms with E-state index in [1.807, 2.05) is 0 Å². The Balaban J connectivity index is 2.00. The van der Waals surface area contributed by atoms with Gasteiger partial charge >= 0.3 is 5.69 Å². The van der Waals surface area contributed by atoms with Crippen molar-refractivity contribution in [2.45, 2.75) is 0 Å². The molecule has 1 heterocycles. The van der Waals surface area contributed by atoms with Crippen LogP contribution in [-0.4, -0.2) is 22.6 Å². The van der Waals surface area contributed by atoms with Crippen molar-refractivity contribution in [1.82, 2.24) is 9.55 Å². The summed E-state index contributed by atoms with van der Waals surface area (Å²) in [5.41, 5.74) is -1.31. The van der Waals surface area contributed by atoms with Crippen molar-refractivity contribution in [2.75, 3.05) is 12.4 Å². The van der Waals surface area contributed by atoms with Crippen LogP contribution in [0.3, 0.4) is 0 Å². The highest BCUT2D eigenvalue weighted by Gasteiger charge is 2.16. The molecule has 0 radical (unpaired) electrons. The summed E-state index contributed by atoms with van der Waals surface area (Å²) >= 11 is 0. The summed E-state index contributed by atoms with van der Waals surface area (Å²) in [4.78, 5) is 39.4. The molecule has 0 atom stereocenters. The minimum Gasteiger partial charge on any atom is -0.497 e. The van der Waals surface area contributed by atoms with Crippen LogP contribution in [0.2, 0.25) is 0 Å². The average Bonchev–Trinajstić information content (AvgIpc) is 2.62. The highest BCUT2D eigenvalue weighted by atomic mass is 19.1. The Hall–Kier alpha value is -3.68. The molecule has 3 rings (SSSR count). The van der Waals surface area contributed by atoms with Gasteiger partial charge in [0.2, 0.25) is 0 Å². The third-order valence-electron chi connectivity index (χ3n) is 3.63. The number of nitrogens with one attached hydrogen (secondary N) is 2. The van der Waals surface area contributed by atoms with Gasteiger partial charge in [0.05, 0.1) is 12.8 Å². The number of hydrogen-bond acceptors (Lipinski definition) is 4. The molecule has 26 heavy (non-hydrogen) atoms. The standard InChI is InChI=1S/C18H14FN3O4/c1-26-14-7-5-13(6-8-14)22-17(24)15(10-20-18(22)25)16(23)21-12-4-2-3-11(19)9-12/h2-10H,1H3,(H,20,25)(H,21,23). The molecule has 0 unspecified atom stereocenters. The predicted octanol–water partition coefficient (Wildman–Crippen LogP) is 1.93. The topological polar surface area (TPSA) is 93.2 Å². The van der Waals surface area contributed by atoms with Gasteiger partial charge in [0.25, 0.3) is 11.5 Å². The minimum absolute atomic E-state index is 0.191. The van der Waals surface area contributed by atoms with Gasteiger partial charge in [-0.05, 0) is 42.5 Å². The van der Waals surface area contributed by atoms with E-state index in [-0.39, 0.29) is 16.9 Å². The van der Waals surface area contributed by atoms with E-state index in [1.54, 1.807) is 12.1 Å². The van der Waals surface area contributed by atoms with E-state index in [0.717, 1.165) is 16.8 Å². The maximum atomic E-state index is 13.2. The molecular weight excluding hydrogens is 341 g/mol. The zero-order valence-corrected chi connectivity index (χ0v) is 13.7. The fourth-order valence-electron chi connectivity index (χ4n) is 2.37. The van der Waals surface area contributed by atoms with Gasteiger partial charge in [-0.2, -0.15) is 0 Å². The van der Waals surface area contributed by atoms with Gasteiger partial charge in [0, 0.05) is 11.9 Å². The van der Waals surface area contributed by atoms with Crippen LogP contribution in [0.15, 0.2) is 64.3 Å². The summed E-state index contributed by atoms with van der Waals surface area (Å²) in [5, 5.41) is 2.42. The van der Waals surface area contributed by atoms with E-state index in [0.29, 0.717) is 5.75 Å². The number of H-pyrrole nitrogens is 1. The zero-order chi connectivity index (χ0) is 18.7. The molecule has 7 nitrogen and oxygen atoms in total. The van der Waals surface area contributed by atoms with Gasteiger partial charge in [0.1, 0.15) is 17.1 Å². The molecule has 0 aliphatic carbocycles.